The molecular weight excluding hydrogens is 262 g/mol. The first-order valence-electron chi connectivity index (χ1n) is 7.43. The van der Waals surface area contributed by atoms with Gasteiger partial charge in [-0.25, -0.2) is 0 Å². The monoisotopic (exact) mass is 287 g/mol. The molecule has 6 nitrogen and oxygen atoms in total. The fourth-order valence-electron chi connectivity index (χ4n) is 3.02. The van der Waals surface area contributed by atoms with Crippen molar-refractivity contribution in [2.24, 2.45) is 0 Å². The number of carbonyl (C=O) groups excluding carboxylic acids is 1. The van der Waals surface area contributed by atoms with Gasteiger partial charge in [0.15, 0.2) is 6.10 Å². The van der Waals surface area contributed by atoms with E-state index in [1.165, 1.54) is 0 Å². The van der Waals surface area contributed by atoms with Crippen LogP contribution in [0.15, 0.2) is 0 Å². The predicted octanol–water partition coefficient (Wildman–Crippen LogP) is -0.0390. The van der Waals surface area contributed by atoms with E-state index in [-0.39, 0.29) is 30.8 Å². The Morgan fingerprint density at radius 1 is 1.30 bits per heavy atom. The fraction of sp³-hybridized carbons (Fsp3) is 0.929. The van der Waals surface area contributed by atoms with Gasteiger partial charge in [0.25, 0.3) is 5.91 Å². The molecule has 1 amide bonds. The highest BCUT2D eigenvalue weighted by atomic mass is 16.6. The summed E-state index contributed by atoms with van der Waals surface area (Å²) in [7, 11) is 1.56. The molecular formula is C14H25NO5. The molecule has 116 valence electrons. The third-order valence-electron chi connectivity index (χ3n) is 4.27. The Kier molecular flexibility index (Phi) is 5.77. The zero-order valence-electron chi connectivity index (χ0n) is 12.0. The number of aliphatic hydroxyl groups is 2. The van der Waals surface area contributed by atoms with Gasteiger partial charge in [-0.2, -0.15) is 0 Å². The van der Waals surface area contributed by atoms with E-state index in [0.29, 0.717) is 12.8 Å². The molecule has 1 heterocycles. The Bertz CT molecular complexity index is 325. The Morgan fingerprint density at radius 2 is 2.05 bits per heavy atom. The minimum Gasteiger partial charge on any atom is -0.394 e. The van der Waals surface area contributed by atoms with Crippen molar-refractivity contribution < 1.29 is 24.5 Å². The van der Waals surface area contributed by atoms with Crippen LogP contribution in [0.1, 0.15) is 38.5 Å². The molecule has 1 aliphatic heterocycles. The minimum atomic E-state index is -0.708. The van der Waals surface area contributed by atoms with Crippen molar-refractivity contribution in [2.75, 3.05) is 13.7 Å². The molecule has 0 aromatic heterocycles. The first-order valence-corrected chi connectivity index (χ1v) is 7.43. The smallest absolute Gasteiger partial charge is 0.252 e. The molecule has 1 saturated heterocycles. The van der Waals surface area contributed by atoms with Gasteiger partial charge in [0, 0.05) is 7.11 Å². The lowest BCUT2D eigenvalue weighted by atomic mass is 9.92. The molecule has 3 unspecified atom stereocenters. The molecule has 20 heavy (non-hydrogen) atoms. The standard InChI is InChI=1S/C14H25NO5/c1-19-12-7-6-9(8-16)20-13(12)14(18)15-10-4-2-3-5-11(10)17/h9-13,16-17H,2-8H2,1H3,(H,15,18)/t9?,10-,11-,12?,13?/m0/s1. The number of rotatable bonds is 4. The highest BCUT2D eigenvalue weighted by Gasteiger charge is 2.37. The summed E-state index contributed by atoms with van der Waals surface area (Å²) in [4.78, 5) is 12.3. The third-order valence-corrected chi connectivity index (χ3v) is 4.27. The SMILES string of the molecule is COC1CCC(CO)OC1C(=O)N[C@H]1CCCC[C@@H]1O. The van der Waals surface area contributed by atoms with Gasteiger partial charge in [0.1, 0.15) is 0 Å². The molecule has 0 radical (unpaired) electrons. The van der Waals surface area contributed by atoms with Crippen LogP contribution in [0.3, 0.4) is 0 Å². The predicted molar refractivity (Wildman–Crippen MR) is 72.2 cm³/mol. The van der Waals surface area contributed by atoms with Crippen LogP contribution in [0.25, 0.3) is 0 Å². The summed E-state index contributed by atoms with van der Waals surface area (Å²) in [5.41, 5.74) is 0. The van der Waals surface area contributed by atoms with E-state index >= 15 is 0 Å². The number of hydrogen-bond acceptors (Lipinski definition) is 5. The summed E-state index contributed by atoms with van der Waals surface area (Å²) in [6.07, 6.45) is 3.11. The van der Waals surface area contributed by atoms with Gasteiger partial charge in [-0.1, -0.05) is 12.8 Å². The van der Waals surface area contributed by atoms with Crippen molar-refractivity contribution in [3.8, 4) is 0 Å². The second-order valence-electron chi connectivity index (χ2n) is 5.68. The number of ether oxygens (including phenoxy) is 2. The molecule has 0 aromatic carbocycles. The van der Waals surface area contributed by atoms with Crippen LogP contribution in [0, 0.1) is 0 Å². The highest BCUT2D eigenvalue weighted by Crippen LogP contribution is 2.23. The van der Waals surface area contributed by atoms with Crippen LogP contribution in [-0.4, -0.2) is 60.3 Å². The van der Waals surface area contributed by atoms with Crippen LogP contribution < -0.4 is 5.32 Å². The minimum absolute atomic E-state index is 0.0910. The van der Waals surface area contributed by atoms with Gasteiger partial charge >= 0.3 is 0 Å². The van der Waals surface area contributed by atoms with Crippen molar-refractivity contribution in [3.63, 3.8) is 0 Å². The van der Waals surface area contributed by atoms with Crippen LogP contribution in [0.2, 0.25) is 0 Å². The average molecular weight is 287 g/mol. The number of methoxy groups -OCH3 is 1. The summed E-state index contributed by atoms with van der Waals surface area (Å²) in [5, 5.41) is 22.0. The fourth-order valence-corrected chi connectivity index (χ4v) is 3.02. The molecule has 0 aromatic rings. The number of nitrogens with one attached hydrogen (secondary N) is 1. The number of aliphatic hydroxyl groups excluding tert-OH is 2. The van der Waals surface area contributed by atoms with Gasteiger partial charge in [0.05, 0.1) is 31.0 Å². The molecule has 6 heteroatoms. The number of carbonyl (C=O) groups is 1. The van der Waals surface area contributed by atoms with E-state index in [1.807, 2.05) is 0 Å². The van der Waals surface area contributed by atoms with E-state index < -0.39 is 12.2 Å². The van der Waals surface area contributed by atoms with Gasteiger partial charge in [-0.15, -0.1) is 0 Å². The van der Waals surface area contributed by atoms with E-state index in [9.17, 15) is 15.0 Å². The van der Waals surface area contributed by atoms with E-state index in [2.05, 4.69) is 5.32 Å². The quantitative estimate of drug-likeness (QED) is 0.675. The van der Waals surface area contributed by atoms with Crippen LogP contribution in [0.4, 0.5) is 0 Å². The van der Waals surface area contributed by atoms with Crippen molar-refractivity contribution in [1.29, 1.82) is 0 Å². The Hall–Kier alpha value is -0.690. The molecule has 1 aliphatic carbocycles. The van der Waals surface area contributed by atoms with E-state index in [1.54, 1.807) is 7.11 Å². The lowest BCUT2D eigenvalue weighted by Gasteiger charge is -2.36. The van der Waals surface area contributed by atoms with Crippen molar-refractivity contribution >= 4 is 5.91 Å². The maximum Gasteiger partial charge on any atom is 0.252 e. The van der Waals surface area contributed by atoms with Crippen molar-refractivity contribution in [3.05, 3.63) is 0 Å². The van der Waals surface area contributed by atoms with Crippen LogP contribution in [-0.2, 0) is 14.3 Å². The van der Waals surface area contributed by atoms with Gasteiger partial charge in [-0.05, 0) is 25.7 Å². The zero-order chi connectivity index (χ0) is 14.5. The van der Waals surface area contributed by atoms with Crippen LogP contribution in [0.5, 0.6) is 0 Å². The summed E-state index contributed by atoms with van der Waals surface area (Å²) in [6, 6.07) is -0.202. The second-order valence-corrected chi connectivity index (χ2v) is 5.68. The number of hydrogen-bond donors (Lipinski definition) is 3. The topological polar surface area (TPSA) is 88.0 Å². The molecule has 5 atom stereocenters. The first kappa shape index (κ1) is 15.7. The van der Waals surface area contributed by atoms with Crippen LogP contribution >= 0.6 is 0 Å². The van der Waals surface area contributed by atoms with Crippen molar-refractivity contribution in [2.45, 2.75) is 69.0 Å². The van der Waals surface area contributed by atoms with Gasteiger partial charge in [0.2, 0.25) is 0 Å². The largest absolute Gasteiger partial charge is 0.394 e. The second kappa shape index (κ2) is 7.36. The molecule has 1 saturated carbocycles. The van der Waals surface area contributed by atoms with E-state index in [4.69, 9.17) is 9.47 Å². The third kappa shape index (κ3) is 3.69. The molecule has 3 N–H and O–H groups in total. The lowest BCUT2D eigenvalue weighted by molar-refractivity contribution is -0.167. The highest BCUT2D eigenvalue weighted by molar-refractivity contribution is 5.82. The molecule has 2 rings (SSSR count). The van der Waals surface area contributed by atoms with Crippen molar-refractivity contribution in [1.82, 2.24) is 5.32 Å². The van der Waals surface area contributed by atoms with E-state index in [0.717, 1.165) is 25.7 Å². The molecule has 0 bridgehead atoms. The molecule has 2 fully saturated rings. The zero-order valence-corrected chi connectivity index (χ0v) is 12.0. The summed E-state index contributed by atoms with van der Waals surface area (Å²) in [5.74, 6) is -0.249. The lowest BCUT2D eigenvalue weighted by Crippen LogP contribution is -2.55. The Morgan fingerprint density at radius 3 is 2.70 bits per heavy atom. The summed E-state index contributed by atoms with van der Waals surface area (Å²) >= 11 is 0. The van der Waals surface area contributed by atoms with Gasteiger partial charge < -0.3 is 25.0 Å². The molecule has 0 spiro atoms. The maximum absolute atomic E-state index is 12.3. The Labute approximate surface area is 119 Å². The molecule has 2 aliphatic rings. The maximum atomic E-state index is 12.3. The first-order chi connectivity index (χ1) is 9.65. The number of amides is 1. The normalized spacial score (nSPS) is 38.5. The average Bonchev–Trinajstić information content (AvgIpc) is 2.48. The van der Waals surface area contributed by atoms with Gasteiger partial charge in [-0.3, -0.25) is 4.79 Å². The Balaban J connectivity index is 1.94. The summed E-state index contributed by atoms with van der Waals surface area (Å²) < 4.78 is 10.9. The summed E-state index contributed by atoms with van der Waals surface area (Å²) in [6.45, 7) is -0.0910.